The summed E-state index contributed by atoms with van der Waals surface area (Å²) in [6, 6.07) is 0. The van der Waals surface area contributed by atoms with Crippen LogP contribution in [0.5, 0.6) is 0 Å². The predicted octanol–water partition coefficient (Wildman–Crippen LogP) is -1.36. The van der Waals surface area contributed by atoms with Crippen LogP contribution < -0.4 is 16.6 Å². The van der Waals surface area contributed by atoms with Gasteiger partial charge >= 0.3 is 0 Å². The van der Waals surface area contributed by atoms with Gasteiger partial charge in [0.15, 0.2) is 5.82 Å². The Morgan fingerprint density at radius 1 is 1.45 bits per heavy atom. The van der Waals surface area contributed by atoms with Crippen molar-refractivity contribution in [2.45, 2.75) is 19.4 Å². The largest absolute Gasteiger partial charge is 0.314 e. The van der Waals surface area contributed by atoms with Gasteiger partial charge in [-0.05, 0) is 13.8 Å². The third kappa shape index (κ3) is 2.30. The monoisotopic (exact) mass is 278 g/mol. The van der Waals surface area contributed by atoms with Crippen molar-refractivity contribution in [1.82, 2.24) is 20.2 Å². The molecule has 0 unspecified atom stereocenters. The molecule has 0 aliphatic carbocycles. The van der Waals surface area contributed by atoms with Crippen molar-refractivity contribution < 1.29 is 14.4 Å². The summed E-state index contributed by atoms with van der Waals surface area (Å²) >= 11 is 0. The number of rotatable bonds is 2. The van der Waals surface area contributed by atoms with Crippen LogP contribution in [0.25, 0.3) is 0 Å². The molecule has 1 aliphatic heterocycles. The van der Waals surface area contributed by atoms with Gasteiger partial charge in [0.25, 0.3) is 11.8 Å². The molecule has 2 rings (SSSR count). The van der Waals surface area contributed by atoms with E-state index >= 15 is 0 Å². The van der Waals surface area contributed by atoms with Crippen LogP contribution in [-0.4, -0.2) is 44.7 Å². The number of piperazine rings is 1. The normalized spacial score (nSPS) is 17.6. The van der Waals surface area contributed by atoms with E-state index in [1.54, 1.807) is 13.8 Å². The molecule has 1 aromatic rings. The molecule has 9 nitrogen and oxygen atoms in total. The van der Waals surface area contributed by atoms with E-state index in [1.807, 2.05) is 0 Å². The number of imide groups is 1. The molecule has 106 valence electrons. The molecular weight excluding hydrogens is 264 g/mol. The number of nitrogens with zero attached hydrogens (tertiary/aromatic N) is 3. The van der Waals surface area contributed by atoms with Crippen LogP contribution in [0.4, 0.5) is 5.82 Å². The van der Waals surface area contributed by atoms with Gasteiger partial charge in [0.2, 0.25) is 5.91 Å². The fraction of sp³-hybridized carbons (Fsp3) is 0.364. The first-order valence-corrected chi connectivity index (χ1v) is 5.81. The summed E-state index contributed by atoms with van der Waals surface area (Å²) in [5.74, 6) is 3.76. The summed E-state index contributed by atoms with van der Waals surface area (Å²) in [6.07, 6.45) is 2.59. The van der Waals surface area contributed by atoms with Gasteiger partial charge in [-0.3, -0.25) is 24.7 Å². The minimum atomic E-state index is -1.15. The van der Waals surface area contributed by atoms with Gasteiger partial charge in [-0.15, -0.1) is 0 Å². The van der Waals surface area contributed by atoms with Gasteiger partial charge in [0.1, 0.15) is 17.8 Å². The number of amides is 3. The molecule has 0 saturated carbocycles. The molecule has 1 fully saturated rings. The van der Waals surface area contributed by atoms with Crippen LogP contribution in [-0.2, 0) is 9.59 Å². The van der Waals surface area contributed by atoms with Crippen LogP contribution in [0.2, 0.25) is 0 Å². The van der Waals surface area contributed by atoms with Crippen LogP contribution in [0.15, 0.2) is 12.4 Å². The van der Waals surface area contributed by atoms with Crippen molar-refractivity contribution in [1.29, 1.82) is 0 Å². The molecule has 1 aliphatic rings. The number of nitrogen functional groups attached to an aromatic ring is 1. The summed E-state index contributed by atoms with van der Waals surface area (Å²) in [4.78, 5) is 44.6. The highest BCUT2D eigenvalue weighted by atomic mass is 16.2. The molecule has 0 spiro atoms. The first kappa shape index (κ1) is 13.9. The molecule has 0 atom stereocenters. The lowest BCUT2D eigenvalue weighted by atomic mass is 9.98. The number of carbonyl (C=O) groups is 3. The molecule has 0 radical (unpaired) electrons. The molecule has 4 N–H and O–H groups in total. The standard InChI is InChI=1S/C11H14N6O3/c1-11(2)10(20)15-8(18)5-17(11)9(19)6-3-13-4-7(14-6)16-12/h3-4H,5,12H2,1-2H3,(H,14,16)(H,15,18,20). The van der Waals surface area contributed by atoms with Crippen molar-refractivity contribution in [3.63, 3.8) is 0 Å². The Morgan fingerprint density at radius 3 is 2.80 bits per heavy atom. The number of hydrogen-bond donors (Lipinski definition) is 3. The smallest absolute Gasteiger partial charge is 0.275 e. The highest BCUT2D eigenvalue weighted by molar-refractivity contribution is 6.08. The molecule has 1 aromatic heterocycles. The lowest BCUT2D eigenvalue weighted by Gasteiger charge is -2.39. The minimum absolute atomic E-state index is 0.00368. The van der Waals surface area contributed by atoms with Crippen molar-refractivity contribution in [2.24, 2.45) is 5.84 Å². The molecule has 3 amide bonds. The predicted molar refractivity (Wildman–Crippen MR) is 68.1 cm³/mol. The van der Waals surface area contributed by atoms with Gasteiger partial charge in [-0.2, -0.15) is 0 Å². The summed E-state index contributed by atoms with van der Waals surface area (Å²) in [7, 11) is 0. The first-order valence-electron chi connectivity index (χ1n) is 5.81. The number of hydrazine groups is 1. The van der Waals surface area contributed by atoms with Gasteiger partial charge in [0.05, 0.1) is 12.4 Å². The van der Waals surface area contributed by atoms with E-state index in [-0.39, 0.29) is 18.1 Å². The van der Waals surface area contributed by atoms with Gasteiger partial charge in [0, 0.05) is 0 Å². The highest BCUT2D eigenvalue weighted by Crippen LogP contribution is 2.20. The summed E-state index contributed by atoms with van der Waals surface area (Å²) in [6.45, 7) is 2.87. The molecular formula is C11H14N6O3. The Labute approximate surface area is 114 Å². The van der Waals surface area contributed by atoms with E-state index in [1.165, 1.54) is 12.4 Å². The van der Waals surface area contributed by atoms with Crippen molar-refractivity contribution in [3.8, 4) is 0 Å². The van der Waals surface area contributed by atoms with Gasteiger partial charge in [-0.25, -0.2) is 10.8 Å². The van der Waals surface area contributed by atoms with E-state index in [2.05, 4.69) is 20.7 Å². The first-order chi connectivity index (χ1) is 9.36. The molecule has 2 heterocycles. The maximum absolute atomic E-state index is 12.4. The fourth-order valence-corrected chi connectivity index (χ4v) is 1.79. The lowest BCUT2D eigenvalue weighted by molar-refractivity contribution is -0.143. The SMILES string of the molecule is CC1(C)C(=O)NC(=O)CN1C(=O)c1cncc(NN)n1. The van der Waals surface area contributed by atoms with E-state index in [9.17, 15) is 14.4 Å². The van der Waals surface area contributed by atoms with Gasteiger partial charge < -0.3 is 10.3 Å². The topological polar surface area (TPSA) is 130 Å². The quantitative estimate of drug-likeness (QED) is 0.346. The van der Waals surface area contributed by atoms with Crippen LogP contribution in [0.1, 0.15) is 24.3 Å². The third-order valence-corrected chi connectivity index (χ3v) is 3.03. The highest BCUT2D eigenvalue weighted by Gasteiger charge is 2.44. The Morgan fingerprint density at radius 2 is 2.15 bits per heavy atom. The van der Waals surface area contributed by atoms with Crippen molar-refractivity contribution >= 4 is 23.5 Å². The number of aromatic nitrogens is 2. The van der Waals surface area contributed by atoms with E-state index in [0.29, 0.717) is 0 Å². The van der Waals surface area contributed by atoms with Crippen LogP contribution >= 0.6 is 0 Å². The summed E-state index contributed by atoms with van der Waals surface area (Å²) in [5.41, 5.74) is 1.12. The molecule has 0 bridgehead atoms. The summed E-state index contributed by atoms with van der Waals surface area (Å²) < 4.78 is 0. The van der Waals surface area contributed by atoms with Crippen LogP contribution in [0.3, 0.4) is 0 Å². The van der Waals surface area contributed by atoms with Crippen molar-refractivity contribution in [2.75, 3.05) is 12.0 Å². The zero-order chi connectivity index (χ0) is 14.9. The zero-order valence-corrected chi connectivity index (χ0v) is 11.0. The average molecular weight is 278 g/mol. The second kappa shape index (κ2) is 4.85. The number of carbonyl (C=O) groups excluding carboxylic acids is 3. The van der Waals surface area contributed by atoms with Crippen LogP contribution in [0, 0.1) is 0 Å². The fourth-order valence-electron chi connectivity index (χ4n) is 1.79. The number of anilines is 1. The second-order valence-electron chi connectivity index (χ2n) is 4.76. The van der Waals surface area contributed by atoms with E-state index in [4.69, 9.17) is 5.84 Å². The molecule has 0 aromatic carbocycles. The second-order valence-corrected chi connectivity index (χ2v) is 4.76. The Hall–Kier alpha value is -2.55. The Balaban J connectivity index is 2.35. The third-order valence-electron chi connectivity index (χ3n) is 3.03. The maximum atomic E-state index is 12.4. The Bertz CT molecular complexity index is 585. The zero-order valence-electron chi connectivity index (χ0n) is 11.0. The maximum Gasteiger partial charge on any atom is 0.275 e. The average Bonchev–Trinajstić information content (AvgIpc) is 2.42. The van der Waals surface area contributed by atoms with E-state index < -0.39 is 23.3 Å². The van der Waals surface area contributed by atoms with Crippen molar-refractivity contribution in [3.05, 3.63) is 18.1 Å². The Kier molecular flexibility index (Phi) is 3.36. The lowest BCUT2D eigenvalue weighted by Crippen LogP contribution is -2.65. The summed E-state index contributed by atoms with van der Waals surface area (Å²) in [5, 5.41) is 2.19. The van der Waals surface area contributed by atoms with Gasteiger partial charge in [-0.1, -0.05) is 0 Å². The minimum Gasteiger partial charge on any atom is -0.314 e. The molecule has 20 heavy (non-hydrogen) atoms. The number of nitrogens with two attached hydrogens (primary N) is 1. The molecule has 1 saturated heterocycles. The number of hydrogen-bond acceptors (Lipinski definition) is 7. The number of nitrogens with one attached hydrogen (secondary N) is 2. The van der Waals surface area contributed by atoms with E-state index in [0.717, 1.165) is 4.90 Å². The molecule has 9 heteroatoms.